The van der Waals surface area contributed by atoms with E-state index in [-0.39, 0.29) is 6.04 Å². The van der Waals surface area contributed by atoms with Gasteiger partial charge in [0.15, 0.2) is 5.54 Å². The Morgan fingerprint density at radius 2 is 2.18 bits per heavy atom. The maximum absolute atomic E-state index is 11.6. The third-order valence-electron chi connectivity index (χ3n) is 3.12. The van der Waals surface area contributed by atoms with Gasteiger partial charge < -0.3 is 5.11 Å². The van der Waals surface area contributed by atoms with Crippen LogP contribution in [0.4, 0.5) is 0 Å². The fourth-order valence-corrected chi connectivity index (χ4v) is 2.23. The summed E-state index contributed by atoms with van der Waals surface area (Å²) < 4.78 is 0. The fourth-order valence-electron chi connectivity index (χ4n) is 2.23. The number of aliphatic carboxylic acids is 1. The van der Waals surface area contributed by atoms with E-state index in [2.05, 4.69) is 4.98 Å². The molecular formula is C13H20N2O2. The Balaban J connectivity index is 3.27. The lowest BCUT2D eigenvalue weighted by molar-refractivity contribution is -0.153. The Hall–Kier alpha value is -1.42. The number of nitrogens with zero attached hydrogens (tertiary/aromatic N) is 2. The number of likely N-dealkylation sites (N-methyl/N-ethyl adjacent to an activating group) is 1. The minimum Gasteiger partial charge on any atom is -0.480 e. The predicted octanol–water partition coefficient (Wildman–Crippen LogP) is 2.11. The monoisotopic (exact) mass is 236 g/mol. The van der Waals surface area contributed by atoms with Gasteiger partial charge in [-0.2, -0.15) is 0 Å². The molecule has 0 aliphatic carbocycles. The normalized spacial score (nSPS) is 14.9. The van der Waals surface area contributed by atoms with E-state index < -0.39 is 11.5 Å². The predicted molar refractivity (Wildman–Crippen MR) is 66.7 cm³/mol. The third-order valence-corrected chi connectivity index (χ3v) is 3.12. The SMILES string of the molecule is CCN(C(C)C)C(C)(C(=O)O)c1ccccn1. The number of pyridine rings is 1. The van der Waals surface area contributed by atoms with Crippen molar-refractivity contribution < 1.29 is 9.90 Å². The minimum atomic E-state index is -1.08. The number of carboxylic acids is 1. The molecule has 0 fully saturated rings. The molecule has 17 heavy (non-hydrogen) atoms. The van der Waals surface area contributed by atoms with Crippen molar-refractivity contribution >= 4 is 5.97 Å². The van der Waals surface area contributed by atoms with Crippen LogP contribution in [0.3, 0.4) is 0 Å². The lowest BCUT2D eigenvalue weighted by atomic mass is 9.93. The van der Waals surface area contributed by atoms with Crippen molar-refractivity contribution in [3.8, 4) is 0 Å². The molecule has 0 saturated heterocycles. The van der Waals surface area contributed by atoms with Crippen LogP contribution in [0.2, 0.25) is 0 Å². The van der Waals surface area contributed by atoms with E-state index >= 15 is 0 Å². The Morgan fingerprint density at radius 1 is 1.53 bits per heavy atom. The summed E-state index contributed by atoms with van der Waals surface area (Å²) in [6, 6.07) is 5.51. The molecule has 1 rings (SSSR count). The lowest BCUT2D eigenvalue weighted by Gasteiger charge is -2.39. The number of hydrogen-bond donors (Lipinski definition) is 1. The van der Waals surface area contributed by atoms with Crippen molar-refractivity contribution in [3.63, 3.8) is 0 Å². The van der Waals surface area contributed by atoms with E-state index in [0.717, 1.165) is 0 Å². The molecule has 0 amide bonds. The molecule has 0 radical (unpaired) electrons. The highest BCUT2D eigenvalue weighted by molar-refractivity contribution is 5.79. The summed E-state index contributed by atoms with van der Waals surface area (Å²) in [7, 11) is 0. The number of aromatic nitrogens is 1. The summed E-state index contributed by atoms with van der Waals surface area (Å²) >= 11 is 0. The third kappa shape index (κ3) is 2.47. The van der Waals surface area contributed by atoms with Gasteiger partial charge in [0.1, 0.15) is 0 Å². The van der Waals surface area contributed by atoms with E-state index in [1.807, 2.05) is 31.7 Å². The number of rotatable bonds is 5. The van der Waals surface area contributed by atoms with Crippen LogP contribution < -0.4 is 0 Å². The van der Waals surface area contributed by atoms with Crippen molar-refractivity contribution in [1.29, 1.82) is 0 Å². The standard InChI is InChI=1S/C13H20N2O2/c1-5-15(10(2)3)13(4,12(16)17)11-8-6-7-9-14-11/h6-10H,5H2,1-4H3,(H,16,17). The zero-order valence-corrected chi connectivity index (χ0v) is 10.8. The Bertz CT molecular complexity index is 378. The minimum absolute atomic E-state index is 0.142. The molecule has 4 nitrogen and oxygen atoms in total. The zero-order valence-electron chi connectivity index (χ0n) is 10.8. The molecule has 0 aliphatic rings. The van der Waals surface area contributed by atoms with E-state index in [0.29, 0.717) is 12.2 Å². The Labute approximate surface area is 102 Å². The quantitative estimate of drug-likeness (QED) is 0.850. The molecule has 1 heterocycles. The molecule has 1 N–H and O–H groups in total. The summed E-state index contributed by atoms with van der Waals surface area (Å²) in [6.45, 7) is 8.32. The van der Waals surface area contributed by atoms with Crippen LogP contribution in [0.5, 0.6) is 0 Å². The average molecular weight is 236 g/mol. The van der Waals surface area contributed by atoms with Gasteiger partial charge >= 0.3 is 5.97 Å². The number of hydrogen-bond acceptors (Lipinski definition) is 3. The summed E-state index contributed by atoms with van der Waals surface area (Å²) in [6.07, 6.45) is 1.63. The lowest BCUT2D eigenvalue weighted by Crippen LogP contribution is -2.53. The molecule has 0 spiro atoms. The molecule has 0 aromatic carbocycles. The summed E-state index contributed by atoms with van der Waals surface area (Å²) in [5.41, 5.74) is -0.507. The molecular weight excluding hydrogens is 216 g/mol. The second kappa shape index (κ2) is 5.27. The van der Waals surface area contributed by atoms with Gasteiger partial charge in [-0.05, 0) is 39.4 Å². The van der Waals surface area contributed by atoms with E-state index in [4.69, 9.17) is 0 Å². The van der Waals surface area contributed by atoms with E-state index in [1.54, 1.807) is 25.3 Å². The van der Waals surface area contributed by atoms with Gasteiger partial charge in [-0.1, -0.05) is 13.0 Å². The summed E-state index contributed by atoms with van der Waals surface area (Å²) in [4.78, 5) is 17.8. The van der Waals surface area contributed by atoms with Crippen LogP contribution >= 0.6 is 0 Å². The molecule has 0 bridgehead atoms. The van der Waals surface area contributed by atoms with Crippen molar-refractivity contribution in [1.82, 2.24) is 9.88 Å². The molecule has 1 unspecified atom stereocenters. The molecule has 4 heteroatoms. The van der Waals surface area contributed by atoms with Gasteiger partial charge in [0, 0.05) is 12.2 Å². The van der Waals surface area contributed by atoms with Crippen LogP contribution in [0, 0.1) is 0 Å². The van der Waals surface area contributed by atoms with Crippen LogP contribution in [-0.2, 0) is 10.3 Å². The molecule has 1 atom stereocenters. The van der Waals surface area contributed by atoms with Gasteiger partial charge in [0.25, 0.3) is 0 Å². The first kappa shape index (κ1) is 13.6. The molecule has 1 aromatic rings. The molecule has 1 aromatic heterocycles. The second-order valence-electron chi connectivity index (χ2n) is 4.47. The Morgan fingerprint density at radius 3 is 2.53 bits per heavy atom. The van der Waals surface area contributed by atoms with Gasteiger partial charge in [-0.3, -0.25) is 9.88 Å². The van der Waals surface area contributed by atoms with Gasteiger partial charge in [0.05, 0.1) is 5.69 Å². The van der Waals surface area contributed by atoms with Crippen LogP contribution in [0.1, 0.15) is 33.4 Å². The van der Waals surface area contributed by atoms with Crippen molar-refractivity contribution in [3.05, 3.63) is 30.1 Å². The highest BCUT2D eigenvalue weighted by Crippen LogP contribution is 2.28. The first-order chi connectivity index (χ1) is 7.94. The second-order valence-corrected chi connectivity index (χ2v) is 4.47. The Kier molecular flexibility index (Phi) is 4.23. The van der Waals surface area contributed by atoms with Gasteiger partial charge in [-0.15, -0.1) is 0 Å². The number of carbonyl (C=O) groups is 1. The van der Waals surface area contributed by atoms with Crippen molar-refractivity contribution in [2.75, 3.05) is 6.54 Å². The first-order valence-electron chi connectivity index (χ1n) is 5.86. The fraction of sp³-hybridized carbons (Fsp3) is 0.538. The summed E-state index contributed by atoms with van der Waals surface area (Å²) in [5, 5.41) is 9.55. The largest absolute Gasteiger partial charge is 0.480 e. The van der Waals surface area contributed by atoms with Crippen molar-refractivity contribution in [2.45, 2.75) is 39.3 Å². The highest BCUT2D eigenvalue weighted by atomic mass is 16.4. The maximum atomic E-state index is 11.6. The maximum Gasteiger partial charge on any atom is 0.330 e. The van der Waals surface area contributed by atoms with Crippen LogP contribution in [-0.4, -0.2) is 33.5 Å². The average Bonchev–Trinajstić information content (AvgIpc) is 2.30. The van der Waals surface area contributed by atoms with Crippen LogP contribution in [0.25, 0.3) is 0 Å². The van der Waals surface area contributed by atoms with E-state index in [1.165, 1.54) is 0 Å². The molecule has 0 aliphatic heterocycles. The van der Waals surface area contributed by atoms with Crippen LogP contribution in [0.15, 0.2) is 24.4 Å². The summed E-state index contributed by atoms with van der Waals surface area (Å²) in [5.74, 6) is -0.869. The van der Waals surface area contributed by atoms with Crippen molar-refractivity contribution in [2.24, 2.45) is 0 Å². The zero-order chi connectivity index (χ0) is 13.1. The molecule has 94 valence electrons. The molecule has 0 saturated carbocycles. The smallest absolute Gasteiger partial charge is 0.330 e. The van der Waals surface area contributed by atoms with E-state index in [9.17, 15) is 9.90 Å². The van der Waals surface area contributed by atoms with Gasteiger partial charge in [-0.25, -0.2) is 4.79 Å². The number of carboxylic acid groups (broad SMARTS) is 1. The van der Waals surface area contributed by atoms with Gasteiger partial charge in [0.2, 0.25) is 0 Å². The highest BCUT2D eigenvalue weighted by Gasteiger charge is 2.43. The topological polar surface area (TPSA) is 53.4 Å². The first-order valence-corrected chi connectivity index (χ1v) is 5.86.